The first kappa shape index (κ1) is 87.2. The van der Waals surface area contributed by atoms with E-state index in [0.29, 0.717) is 0 Å². The minimum atomic E-state index is -2.58. The third kappa shape index (κ3) is 18.7. The number of rotatable bonds is 27. The average Bonchev–Trinajstić information content (AvgIpc) is 0.771. The van der Waals surface area contributed by atoms with E-state index in [9.17, 15) is 147 Å². The Kier molecular flexibility index (Phi) is 31.1. The molecule has 0 aromatic heterocycles. The fraction of sp³-hybridized carbons (Fsp3) is 0.966. The Morgan fingerprint density at radius 1 is 0.245 bits per heavy atom. The van der Waals surface area contributed by atoms with E-state index in [1.807, 2.05) is 0 Å². The number of carbonyl (C=O) groups is 2. The molecule has 0 spiro atoms. The smallest absolute Gasteiger partial charge is 0.217 e. The number of hydrogen-bond donors (Lipinski definition) is 29. The molecule has 29 N–H and O–H groups in total. The molecule has 0 aliphatic carbocycles. The van der Waals surface area contributed by atoms with Crippen LogP contribution in [0.5, 0.6) is 0 Å². The van der Waals surface area contributed by atoms with Gasteiger partial charge in [0.2, 0.25) is 11.8 Å². The van der Waals surface area contributed by atoms with Gasteiger partial charge < -0.3 is 229 Å². The van der Waals surface area contributed by atoms with Gasteiger partial charge in [-0.1, -0.05) is 0 Å². The second-order valence-electron chi connectivity index (χ2n) is 26.7. The Morgan fingerprint density at radius 2 is 0.509 bits per heavy atom. The molecule has 9 aliphatic heterocycles. The molecule has 9 rings (SSSR count). The van der Waals surface area contributed by atoms with Gasteiger partial charge in [0.1, 0.15) is 220 Å². The van der Waals surface area contributed by atoms with E-state index in [0.717, 1.165) is 13.8 Å². The van der Waals surface area contributed by atoms with Crippen LogP contribution in [0.4, 0.5) is 0 Å². The van der Waals surface area contributed by atoms with Gasteiger partial charge in [0.05, 0.1) is 59.5 Å². The van der Waals surface area contributed by atoms with Gasteiger partial charge in [0.15, 0.2) is 56.6 Å². The summed E-state index contributed by atoms with van der Waals surface area (Å²) in [6.07, 6.45) is -90.8. The fourth-order valence-electron chi connectivity index (χ4n) is 13.5. The molecule has 106 heavy (non-hydrogen) atoms. The zero-order valence-electron chi connectivity index (χ0n) is 56.2. The van der Waals surface area contributed by atoms with Crippen LogP contribution in [0.1, 0.15) is 13.8 Å². The quantitative estimate of drug-likeness (QED) is 0.0363. The van der Waals surface area contributed by atoms with Crippen molar-refractivity contribution in [2.75, 3.05) is 59.5 Å². The predicted molar refractivity (Wildman–Crippen MR) is 320 cm³/mol. The lowest BCUT2D eigenvalue weighted by atomic mass is 9.94. The van der Waals surface area contributed by atoms with Crippen molar-refractivity contribution in [1.29, 1.82) is 0 Å². The van der Waals surface area contributed by atoms with Gasteiger partial charge in [0, 0.05) is 13.8 Å². The summed E-state index contributed by atoms with van der Waals surface area (Å²) in [7, 11) is 0. The topological polar surface area (TPSA) is 761 Å². The van der Waals surface area contributed by atoms with E-state index in [1.54, 1.807) is 0 Å². The van der Waals surface area contributed by atoms with E-state index in [-0.39, 0.29) is 0 Å². The number of aliphatic hydroxyl groups is 27. The second-order valence-corrected chi connectivity index (χ2v) is 26.7. The van der Waals surface area contributed by atoms with Crippen molar-refractivity contribution in [2.24, 2.45) is 0 Å². The fourth-order valence-corrected chi connectivity index (χ4v) is 13.5. The lowest BCUT2D eigenvalue weighted by Crippen LogP contribution is -2.70. The summed E-state index contributed by atoms with van der Waals surface area (Å²) >= 11 is 0. The number of aliphatic hydroxyl groups excluding tert-OH is 27. The lowest BCUT2D eigenvalue weighted by Gasteiger charge is -2.51. The summed E-state index contributed by atoms with van der Waals surface area (Å²) in [5.74, 6) is -1.73. The summed E-state index contributed by atoms with van der Waals surface area (Å²) in [6, 6.07) is -3.57. The van der Waals surface area contributed by atoms with Gasteiger partial charge in [-0.15, -0.1) is 0 Å². The van der Waals surface area contributed by atoms with Crippen LogP contribution in [0.25, 0.3) is 0 Å². The number of hydrogen-bond acceptors (Lipinski definition) is 46. The third-order valence-electron chi connectivity index (χ3n) is 19.5. The molecule has 0 saturated carbocycles. The Hall–Kier alpha value is -2.82. The Balaban J connectivity index is 1.06. The van der Waals surface area contributed by atoms with E-state index in [4.69, 9.17) is 80.5 Å². The van der Waals surface area contributed by atoms with Crippen molar-refractivity contribution in [3.8, 4) is 0 Å². The summed E-state index contributed by atoms with van der Waals surface area (Å²) in [6.45, 7) is -7.74. The zero-order valence-corrected chi connectivity index (χ0v) is 56.2. The van der Waals surface area contributed by atoms with Crippen LogP contribution < -0.4 is 10.6 Å². The van der Waals surface area contributed by atoms with Gasteiger partial charge in [-0.25, -0.2) is 0 Å². The van der Waals surface area contributed by atoms with Crippen molar-refractivity contribution in [3.63, 3.8) is 0 Å². The van der Waals surface area contributed by atoms with Crippen LogP contribution in [0.3, 0.4) is 0 Å². The molecule has 9 heterocycles. The molecule has 0 aromatic rings. The van der Waals surface area contributed by atoms with E-state index >= 15 is 0 Å². The highest BCUT2D eigenvalue weighted by Gasteiger charge is 2.60. The number of ether oxygens (including phenoxy) is 17. The highest BCUT2D eigenvalue weighted by Crippen LogP contribution is 2.40. The van der Waals surface area contributed by atoms with Gasteiger partial charge >= 0.3 is 0 Å². The van der Waals surface area contributed by atoms with Crippen LogP contribution in [0, 0.1) is 0 Å². The predicted octanol–water partition coefficient (Wildman–Crippen LogP) is -20.3. The number of nitrogens with one attached hydrogen (secondary N) is 2. The third-order valence-corrected chi connectivity index (χ3v) is 19.5. The maximum absolute atomic E-state index is 12.9. The van der Waals surface area contributed by atoms with Gasteiger partial charge in [0.25, 0.3) is 0 Å². The van der Waals surface area contributed by atoms with Crippen molar-refractivity contribution < 1.29 is 228 Å². The molecular formula is C58H98N2O46. The first-order valence-electron chi connectivity index (χ1n) is 33.7. The summed E-state index contributed by atoms with van der Waals surface area (Å²) in [5.41, 5.74) is 0. The highest BCUT2D eigenvalue weighted by molar-refractivity contribution is 5.73. The van der Waals surface area contributed by atoms with Crippen LogP contribution in [-0.2, 0) is 90.1 Å². The van der Waals surface area contributed by atoms with E-state index in [1.165, 1.54) is 0 Å². The molecule has 0 unspecified atom stereocenters. The lowest BCUT2D eigenvalue weighted by molar-refractivity contribution is -0.408. The summed E-state index contributed by atoms with van der Waals surface area (Å²) < 4.78 is 98.9. The molecule has 9 fully saturated rings. The van der Waals surface area contributed by atoms with Crippen molar-refractivity contribution in [3.05, 3.63) is 0 Å². The average molecular weight is 1560 g/mol. The Labute approximate surface area is 598 Å². The molecule has 0 bridgehead atoms. The van der Waals surface area contributed by atoms with E-state index < -0.39 is 348 Å². The van der Waals surface area contributed by atoms with Crippen LogP contribution in [0.2, 0.25) is 0 Å². The molecule has 48 nitrogen and oxygen atoms in total. The maximum atomic E-state index is 12.9. The molecule has 0 aromatic carbocycles. The summed E-state index contributed by atoms with van der Waals surface area (Å²) in [4.78, 5) is 25.1. The molecule has 48 heteroatoms. The molecule has 9 aliphatic rings. The monoisotopic (exact) mass is 1560 g/mol. The molecule has 616 valence electrons. The number of amides is 2. The van der Waals surface area contributed by atoms with Crippen LogP contribution in [0.15, 0.2) is 0 Å². The molecule has 2 amide bonds. The van der Waals surface area contributed by atoms with Gasteiger partial charge in [-0.2, -0.15) is 0 Å². The zero-order chi connectivity index (χ0) is 77.9. The van der Waals surface area contributed by atoms with Crippen molar-refractivity contribution in [1.82, 2.24) is 10.6 Å². The Morgan fingerprint density at radius 3 is 0.925 bits per heavy atom. The molecule has 45 atom stereocenters. The maximum Gasteiger partial charge on any atom is 0.217 e. The van der Waals surface area contributed by atoms with Crippen LogP contribution in [-0.4, -0.2) is 485 Å². The minimum Gasteiger partial charge on any atom is -0.394 e. The highest BCUT2D eigenvalue weighted by atomic mass is 16.8. The standard InChI is InChI=1S/C58H98N2O46/c1-12(68)59-23-32(77)44(19(8-66)92-50(23)89)101-51-24(60-13(2)69)33(78)45(20(9-67)98-51)102-56-43(88)47(104-57-49(38(83)29(74)17(6-64)96-57)106-58-48(37(82)28(73)18(7-65)97-58)105-55-41(86)36(81)27(72)16(5-63)95-55)31(76)22(100-56)11-91-53-42(87)46(103-54-40(85)35(80)26(71)15(4-62)94-54)30(75)21(99-53)10-90-52-39(84)34(79)25(70)14(3-61)93-52/h14-58,61-67,70-89H,3-11H2,1-2H3,(H,59,68)(H,60,69)/t14-,15-,16-,17-,18-,19-,20-,21-,22-,23-,24-,25-,26-,27-,28-,29-,30-,31-,32-,33-,34+,35+,36+,37+,38+,39+,40+,41+,42+,43+,44-,45-,46+,47+,48+,49+,50-,51+,52+,53+,54-,55-,56+,57-,58-/m1/s1. The van der Waals surface area contributed by atoms with Crippen molar-refractivity contribution in [2.45, 2.75) is 290 Å². The minimum absolute atomic E-state index is 0.788. The van der Waals surface area contributed by atoms with E-state index in [2.05, 4.69) is 10.6 Å². The molecule has 0 radical (unpaired) electrons. The second kappa shape index (κ2) is 37.9. The Bertz CT molecular complexity index is 2710. The number of carbonyl (C=O) groups excluding carboxylic acids is 2. The molecule has 9 saturated heterocycles. The van der Waals surface area contributed by atoms with Crippen molar-refractivity contribution >= 4 is 11.8 Å². The van der Waals surface area contributed by atoms with Crippen LogP contribution >= 0.6 is 0 Å². The normalized spacial score (nSPS) is 51.2. The first-order valence-corrected chi connectivity index (χ1v) is 33.7. The van der Waals surface area contributed by atoms with Gasteiger partial charge in [-0.05, 0) is 0 Å². The first-order chi connectivity index (χ1) is 50.2. The largest absolute Gasteiger partial charge is 0.394 e. The summed E-state index contributed by atoms with van der Waals surface area (Å²) in [5, 5.41) is 301. The van der Waals surface area contributed by atoms with Gasteiger partial charge in [-0.3, -0.25) is 9.59 Å². The molecular weight excluding hydrogens is 1460 g/mol. The SMILES string of the molecule is CC(=O)N[C@@H]1[C@@H](O)[C@H](O[C@@H]2O[C@H](CO)[C@@H](O[C@@H]3O[C@H](CO[C@H]4O[C@H](CO[C@H]5O[C@H](CO)[C@@H](O)[C@H](O)[C@@H]5O)[C@@H](O)[C@H](O[C@H]5O[C@H](CO)[C@@H](O)[C@H](O)[C@@H]5O)[C@@H]4O)[C@@H](O)[C@H](O[C@H]4O[C@H](CO)[C@@H](O)[C@H](O)[C@@H]4O[C@H]4O[C@H](CO)[C@@H](O)[C@H](O)[C@@H]4O[C@H]4O[C@H](CO)[C@@H](O)[C@H](O)[C@@H]4O)[C@@H]3O)[C@H](O)[C@H]2NC(C)=O)[C@@H](CO)O[C@H]1O.